The Labute approximate surface area is 213 Å². The molecule has 2 aliphatic rings. The number of hydrogen-bond donors (Lipinski definition) is 9. The predicted octanol–water partition coefficient (Wildman–Crippen LogP) is -1.12. The number of rotatable bonds is 3. The largest absolute Gasteiger partial charge is 0.508 e. The van der Waals surface area contributed by atoms with Gasteiger partial charge in [-0.05, 0) is 24.3 Å². The lowest BCUT2D eigenvalue weighted by atomic mass is 9.87. The smallest absolute Gasteiger partial charge is 0.197 e. The van der Waals surface area contributed by atoms with Crippen molar-refractivity contribution in [2.24, 2.45) is 0 Å². The van der Waals surface area contributed by atoms with Crippen molar-refractivity contribution in [1.29, 1.82) is 0 Å². The number of benzene rings is 2. The van der Waals surface area contributed by atoms with Crippen molar-refractivity contribution < 1.29 is 59.8 Å². The summed E-state index contributed by atoms with van der Waals surface area (Å²) in [7, 11) is 0. The molecule has 2 saturated heterocycles. The van der Waals surface area contributed by atoms with Crippen LogP contribution in [-0.4, -0.2) is 95.8 Å². The van der Waals surface area contributed by atoms with Crippen LogP contribution in [0.25, 0.3) is 22.3 Å². The minimum Gasteiger partial charge on any atom is -0.508 e. The van der Waals surface area contributed by atoms with E-state index >= 15 is 0 Å². The summed E-state index contributed by atoms with van der Waals surface area (Å²) in [6.07, 6.45) is -13.3. The fourth-order valence-corrected chi connectivity index (χ4v) is 4.83. The summed E-state index contributed by atoms with van der Waals surface area (Å²) in [4.78, 5) is 13.3. The molecule has 3 aromatic rings. The molecule has 204 valence electrons. The van der Waals surface area contributed by atoms with Gasteiger partial charge in [-0.3, -0.25) is 4.79 Å². The monoisotopic (exact) mass is 534 g/mol. The molecule has 38 heavy (non-hydrogen) atoms. The lowest BCUT2D eigenvalue weighted by molar-refractivity contribution is -0.191. The van der Waals surface area contributed by atoms with Gasteiger partial charge in [0.05, 0.1) is 24.3 Å². The topological polar surface area (TPSA) is 231 Å². The first-order chi connectivity index (χ1) is 18.0. The second kappa shape index (κ2) is 9.80. The first kappa shape index (κ1) is 26.3. The van der Waals surface area contributed by atoms with Crippen molar-refractivity contribution in [3.05, 3.63) is 51.7 Å². The number of fused-ring (bicyclic) bond motifs is 1. The van der Waals surface area contributed by atoms with Crippen LogP contribution in [0.15, 0.2) is 39.5 Å². The number of aliphatic hydroxyl groups excluding tert-OH is 6. The summed E-state index contributed by atoms with van der Waals surface area (Å²) in [5.41, 5.74) is -1.86. The summed E-state index contributed by atoms with van der Waals surface area (Å²) >= 11 is 0. The molecule has 13 nitrogen and oxygen atoms in total. The van der Waals surface area contributed by atoms with Crippen LogP contribution in [0.2, 0.25) is 0 Å². The van der Waals surface area contributed by atoms with Gasteiger partial charge in [-0.25, -0.2) is 0 Å². The summed E-state index contributed by atoms with van der Waals surface area (Å²) in [5.74, 6) is -1.80. The van der Waals surface area contributed by atoms with E-state index in [2.05, 4.69) is 0 Å². The highest BCUT2D eigenvalue weighted by atomic mass is 16.5. The van der Waals surface area contributed by atoms with Crippen LogP contribution in [0, 0.1) is 0 Å². The van der Waals surface area contributed by atoms with Crippen LogP contribution in [0.1, 0.15) is 23.3 Å². The molecule has 3 heterocycles. The average molecular weight is 534 g/mol. The molecule has 1 aromatic heterocycles. The Morgan fingerprint density at radius 1 is 0.684 bits per heavy atom. The molecule has 2 aromatic carbocycles. The van der Waals surface area contributed by atoms with Crippen molar-refractivity contribution in [1.82, 2.24) is 0 Å². The maximum atomic E-state index is 13.3. The SMILES string of the molecule is O=c1cc(-c2ccc(O)cc2)oc2c([C@@H]3OC[C@H](O)[C@H](O)[C@@H]3O)c(O)c([C@@H]3OC[C@H](O)[C@H](O)[C@H]3O)c(O)c12. The minimum absolute atomic E-state index is 0.0475. The lowest BCUT2D eigenvalue weighted by Gasteiger charge is -2.38. The van der Waals surface area contributed by atoms with E-state index in [9.17, 15) is 50.8 Å². The third kappa shape index (κ3) is 4.19. The molecule has 0 bridgehead atoms. The molecule has 13 heteroatoms. The Morgan fingerprint density at radius 2 is 1.21 bits per heavy atom. The number of hydrogen-bond acceptors (Lipinski definition) is 13. The molecule has 0 radical (unpaired) electrons. The zero-order valence-electron chi connectivity index (χ0n) is 19.6. The Bertz CT molecular complexity index is 1400. The van der Waals surface area contributed by atoms with E-state index in [1.807, 2.05) is 0 Å². The Morgan fingerprint density at radius 3 is 1.76 bits per heavy atom. The molecule has 9 N–H and O–H groups in total. The van der Waals surface area contributed by atoms with Gasteiger partial charge in [-0.1, -0.05) is 0 Å². The molecule has 2 fully saturated rings. The van der Waals surface area contributed by atoms with Crippen molar-refractivity contribution in [2.75, 3.05) is 13.2 Å². The predicted molar refractivity (Wildman–Crippen MR) is 126 cm³/mol. The summed E-state index contributed by atoms with van der Waals surface area (Å²) in [5, 5.41) is 93.1. The molecule has 5 rings (SSSR count). The first-order valence-electron chi connectivity index (χ1n) is 11.7. The lowest BCUT2D eigenvalue weighted by Crippen LogP contribution is -2.49. The highest BCUT2D eigenvalue weighted by molar-refractivity contribution is 5.91. The Balaban J connectivity index is 1.80. The zero-order valence-corrected chi connectivity index (χ0v) is 19.6. The van der Waals surface area contributed by atoms with Crippen molar-refractivity contribution in [3.63, 3.8) is 0 Å². The second-order valence-electron chi connectivity index (χ2n) is 9.36. The Hall–Kier alpha value is -3.27. The van der Waals surface area contributed by atoms with Gasteiger partial charge in [0.25, 0.3) is 0 Å². The number of phenolic OH excluding ortho intramolecular Hbond substituents is 3. The quantitative estimate of drug-likeness (QED) is 0.194. The molecule has 0 aliphatic carbocycles. The molecule has 0 amide bonds. The van der Waals surface area contributed by atoms with Gasteiger partial charge < -0.3 is 59.8 Å². The van der Waals surface area contributed by atoms with E-state index in [0.717, 1.165) is 6.07 Å². The highest BCUT2D eigenvalue weighted by Crippen LogP contribution is 2.50. The zero-order chi connectivity index (χ0) is 27.5. The molecule has 2 aliphatic heterocycles. The Kier molecular flexibility index (Phi) is 6.79. The minimum atomic E-state index is -1.85. The van der Waals surface area contributed by atoms with Gasteiger partial charge in [-0.2, -0.15) is 0 Å². The third-order valence-electron chi connectivity index (χ3n) is 6.92. The van der Waals surface area contributed by atoms with Crippen LogP contribution in [0.3, 0.4) is 0 Å². The van der Waals surface area contributed by atoms with Gasteiger partial charge in [0, 0.05) is 11.6 Å². The number of ether oxygens (including phenoxy) is 2. The highest BCUT2D eigenvalue weighted by Gasteiger charge is 2.46. The fraction of sp³-hybridized carbons (Fsp3) is 0.400. The standard InChI is InChI=1S/C25H26O13/c26-9-3-1-8(2-4-9)13-5-10(27)14-19(32)15(24-21(34)17(30)11(28)6-36-24)20(33)16(23(14)38-13)25-22(35)18(31)12(29)7-37-25/h1-5,11-12,17-18,21-22,24-26,28-35H,6-7H2/t11-,12-,17-,18-,21+,22-,24-,25-/m0/s1. The summed E-state index contributed by atoms with van der Waals surface area (Å²) < 4.78 is 16.8. The van der Waals surface area contributed by atoms with Crippen molar-refractivity contribution in [2.45, 2.75) is 48.8 Å². The number of phenols is 3. The van der Waals surface area contributed by atoms with Crippen LogP contribution in [0.4, 0.5) is 0 Å². The average Bonchev–Trinajstić information content (AvgIpc) is 2.88. The van der Waals surface area contributed by atoms with Crippen LogP contribution in [0.5, 0.6) is 17.2 Å². The van der Waals surface area contributed by atoms with E-state index in [-0.39, 0.29) is 11.5 Å². The van der Waals surface area contributed by atoms with Gasteiger partial charge in [0.2, 0.25) is 0 Å². The molecule has 0 spiro atoms. The van der Waals surface area contributed by atoms with E-state index in [4.69, 9.17) is 13.9 Å². The van der Waals surface area contributed by atoms with Gasteiger partial charge >= 0.3 is 0 Å². The first-order valence-corrected chi connectivity index (χ1v) is 11.7. The van der Waals surface area contributed by atoms with Crippen molar-refractivity contribution >= 4 is 11.0 Å². The van der Waals surface area contributed by atoms with E-state index in [1.54, 1.807) is 0 Å². The van der Waals surface area contributed by atoms with Crippen LogP contribution >= 0.6 is 0 Å². The van der Waals surface area contributed by atoms with E-state index in [1.165, 1.54) is 24.3 Å². The third-order valence-corrected chi connectivity index (χ3v) is 6.92. The summed E-state index contributed by atoms with van der Waals surface area (Å²) in [6, 6.07) is 6.60. The maximum Gasteiger partial charge on any atom is 0.197 e. The van der Waals surface area contributed by atoms with E-state index < -0.39 is 101 Å². The molecule has 0 saturated carbocycles. The van der Waals surface area contributed by atoms with Crippen LogP contribution in [-0.2, 0) is 9.47 Å². The van der Waals surface area contributed by atoms with Crippen LogP contribution < -0.4 is 5.43 Å². The molecule has 8 atom stereocenters. The molecular weight excluding hydrogens is 508 g/mol. The molecular formula is C25H26O13. The molecule has 0 unspecified atom stereocenters. The normalized spacial score (nSPS) is 31.9. The van der Waals surface area contributed by atoms with E-state index in [0.29, 0.717) is 5.56 Å². The number of aromatic hydroxyl groups is 3. The van der Waals surface area contributed by atoms with Crippen molar-refractivity contribution in [3.8, 4) is 28.6 Å². The van der Waals surface area contributed by atoms with Gasteiger partial charge in [-0.15, -0.1) is 0 Å². The summed E-state index contributed by atoms with van der Waals surface area (Å²) in [6.45, 7) is -0.966. The van der Waals surface area contributed by atoms with Gasteiger partial charge in [0.15, 0.2) is 11.0 Å². The van der Waals surface area contributed by atoms with Gasteiger partial charge in [0.1, 0.15) is 77.2 Å². The second-order valence-corrected chi connectivity index (χ2v) is 9.36. The fourth-order valence-electron chi connectivity index (χ4n) is 4.83. The number of aliphatic hydroxyl groups is 6. The maximum absolute atomic E-state index is 13.3.